The molecule has 0 aliphatic carbocycles. The molecule has 2 aromatic rings. The number of thioether (sulfide) groups is 1. The number of amides is 3. The maximum atomic E-state index is 12.8. The van der Waals surface area contributed by atoms with E-state index in [1.807, 2.05) is 43.3 Å². The number of nitrogens with zero attached hydrogens (tertiary/aromatic N) is 1. The zero-order valence-electron chi connectivity index (χ0n) is 17.2. The summed E-state index contributed by atoms with van der Waals surface area (Å²) in [5, 5.41) is 14.0. The lowest BCUT2D eigenvalue weighted by molar-refractivity contribution is -0.129. The number of hydrogen-bond donors (Lipinski definition) is 4. The number of carbonyl (C=O) groups is 3. The molecule has 0 aliphatic heterocycles. The lowest BCUT2D eigenvalue weighted by Gasteiger charge is -2.17. The average molecular weight is 443 g/mol. The summed E-state index contributed by atoms with van der Waals surface area (Å²) < 4.78 is 0. The van der Waals surface area contributed by atoms with Crippen molar-refractivity contribution in [2.75, 3.05) is 16.8 Å². The first-order chi connectivity index (χ1) is 15.0. The van der Waals surface area contributed by atoms with E-state index in [1.165, 1.54) is 17.8 Å². The van der Waals surface area contributed by atoms with E-state index in [1.54, 1.807) is 23.8 Å². The Hall–Kier alpha value is -3.17. The van der Waals surface area contributed by atoms with Gasteiger partial charge in [-0.05, 0) is 48.4 Å². The number of benzene rings is 1. The van der Waals surface area contributed by atoms with Crippen LogP contribution in [0.15, 0.2) is 54.7 Å². The fraction of sp³-hybridized carbons (Fsp3) is 0.273. The van der Waals surface area contributed by atoms with Gasteiger partial charge in [0.2, 0.25) is 17.7 Å². The van der Waals surface area contributed by atoms with Gasteiger partial charge < -0.3 is 10.6 Å². The molecule has 0 aliphatic rings. The first-order valence-electron chi connectivity index (χ1n) is 9.76. The molecule has 0 saturated heterocycles. The molecule has 2 rings (SSSR count). The summed E-state index contributed by atoms with van der Waals surface area (Å²) in [7, 11) is 0. The van der Waals surface area contributed by atoms with Gasteiger partial charge in [0.25, 0.3) is 0 Å². The smallest absolute Gasteiger partial charge is 0.248 e. The number of nitrogens with one attached hydrogen (secondary N) is 3. The molecule has 0 radical (unpaired) electrons. The van der Waals surface area contributed by atoms with E-state index in [0.717, 1.165) is 11.1 Å². The van der Waals surface area contributed by atoms with Crippen LogP contribution in [0.4, 0.5) is 5.82 Å². The highest BCUT2D eigenvalue weighted by molar-refractivity contribution is 7.99. The summed E-state index contributed by atoms with van der Waals surface area (Å²) in [4.78, 5) is 40.3. The average Bonchev–Trinajstić information content (AvgIpc) is 2.77. The highest BCUT2D eigenvalue weighted by Gasteiger charge is 2.20. The number of anilines is 1. The molecule has 1 heterocycles. The molecule has 31 heavy (non-hydrogen) atoms. The van der Waals surface area contributed by atoms with Crippen molar-refractivity contribution in [3.63, 3.8) is 0 Å². The van der Waals surface area contributed by atoms with E-state index in [4.69, 9.17) is 5.21 Å². The standard InChI is InChI=1S/C22H26N4O4S/c1-16-11-12-23-19(14-16)25-22(29)18(15-31-13-5-8-21(28)26-30)24-20(27)10-9-17-6-3-2-4-7-17/h2-4,6-7,9-12,14,18,30H,5,8,13,15H2,1H3,(H,24,27)(H,26,28)(H,23,25,29)/b10-9+/t18-/m0/s1. The lowest BCUT2D eigenvalue weighted by atomic mass is 10.2. The van der Waals surface area contributed by atoms with Crippen LogP contribution in [0, 0.1) is 6.92 Å². The van der Waals surface area contributed by atoms with Crippen molar-refractivity contribution in [1.82, 2.24) is 15.8 Å². The zero-order chi connectivity index (χ0) is 22.5. The van der Waals surface area contributed by atoms with E-state index in [-0.39, 0.29) is 18.2 Å². The topological polar surface area (TPSA) is 120 Å². The minimum atomic E-state index is -0.785. The molecule has 0 fully saturated rings. The fourth-order valence-electron chi connectivity index (χ4n) is 2.55. The molecular formula is C22H26N4O4S. The first-order valence-corrected chi connectivity index (χ1v) is 10.9. The molecule has 1 atom stereocenters. The predicted octanol–water partition coefficient (Wildman–Crippen LogP) is 2.55. The van der Waals surface area contributed by atoms with E-state index < -0.39 is 11.9 Å². The third kappa shape index (κ3) is 9.45. The van der Waals surface area contributed by atoms with Crippen molar-refractivity contribution >= 4 is 41.4 Å². The maximum absolute atomic E-state index is 12.8. The Morgan fingerprint density at radius 2 is 1.97 bits per heavy atom. The van der Waals surface area contributed by atoms with Gasteiger partial charge in [0.05, 0.1) is 0 Å². The first kappa shape index (κ1) is 24.1. The predicted molar refractivity (Wildman–Crippen MR) is 121 cm³/mol. The third-order valence-corrected chi connectivity index (χ3v) is 5.27. The highest BCUT2D eigenvalue weighted by Crippen LogP contribution is 2.11. The Morgan fingerprint density at radius 3 is 2.68 bits per heavy atom. The summed E-state index contributed by atoms with van der Waals surface area (Å²) in [6.07, 6.45) is 5.37. The second kappa shape index (κ2) is 13.2. The largest absolute Gasteiger partial charge is 0.340 e. The van der Waals surface area contributed by atoms with Crippen LogP contribution in [0.25, 0.3) is 6.08 Å². The number of pyridine rings is 1. The van der Waals surface area contributed by atoms with Gasteiger partial charge in [-0.1, -0.05) is 30.3 Å². The Kier molecular flexibility index (Phi) is 10.3. The summed E-state index contributed by atoms with van der Waals surface area (Å²) >= 11 is 1.43. The molecule has 1 aromatic heterocycles. The number of aromatic nitrogens is 1. The van der Waals surface area contributed by atoms with Gasteiger partial charge in [-0.15, -0.1) is 0 Å². The van der Waals surface area contributed by atoms with Crippen LogP contribution >= 0.6 is 11.8 Å². The van der Waals surface area contributed by atoms with Gasteiger partial charge >= 0.3 is 0 Å². The van der Waals surface area contributed by atoms with Crippen molar-refractivity contribution < 1.29 is 19.6 Å². The molecule has 0 spiro atoms. The van der Waals surface area contributed by atoms with Crippen molar-refractivity contribution in [3.8, 4) is 0 Å². The van der Waals surface area contributed by atoms with Crippen molar-refractivity contribution in [1.29, 1.82) is 0 Å². The Balaban J connectivity index is 1.96. The van der Waals surface area contributed by atoms with Gasteiger partial charge in [0, 0.05) is 24.4 Å². The molecule has 1 aromatic carbocycles. The van der Waals surface area contributed by atoms with Gasteiger partial charge in [0.1, 0.15) is 11.9 Å². The number of rotatable bonds is 11. The van der Waals surface area contributed by atoms with E-state index >= 15 is 0 Å². The van der Waals surface area contributed by atoms with Gasteiger partial charge in [-0.25, -0.2) is 10.5 Å². The second-order valence-electron chi connectivity index (χ2n) is 6.73. The van der Waals surface area contributed by atoms with E-state index in [9.17, 15) is 14.4 Å². The summed E-state index contributed by atoms with van der Waals surface area (Å²) in [6.45, 7) is 1.89. The number of hydroxylamine groups is 1. The quantitative estimate of drug-likeness (QED) is 0.184. The van der Waals surface area contributed by atoms with Gasteiger partial charge in [0.15, 0.2) is 0 Å². The summed E-state index contributed by atoms with van der Waals surface area (Å²) in [5.74, 6) is 0.105. The molecule has 4 N–H and O–H groups in total. The fourth-order valence-corrected chi connectivity index (χ4v) is 3.53. The minimum Gasteiger partial charge on any atom is -0.340 e. The van der Waals surface area contributed by atoms with Crippen molar-refractivity contribution in [2.24, 2.45) is 0 Å². The summed E-state index contributed by atoms with van der Waals surface area (Å²) in [6, 6.07) is 12.2. The van der Waals surface area contributed by atoms with Crippen LogP contribution in [-0.2, 0) is 14.4 Å². The van der Waals surface area contributed by atoms with Crippen molar-refractivity contribution in [2.45, 2.75) is 25.8 Å². The number of aryl methyl sites for hydroxylation is 1. The summed E-state index contributed by atoms with van der Waals surface area (Å²) in [5.41, 5.74) is 3.41. The normalized spacial score (nSPS) is 11.7. The molecule has 0 unspecified atom stereocenters. The maximum Gasteiger partial charge on any atom is 0.248 e. The van der Waals surface area contributed by atoms with Crippen LogP contribution in [-0.4, -0.2) is 45.5 Å². The Morgan fingerprint density at radius 1 is 1.19 bits per heavy atom. The SMILES string of the molecule is Cc1ccnc(NC(=O)[C@H](CSCCCC(=O)NO)NC(=O)/C=C/c2ccccc2)c1. The van der Waals surface area contributed by atoms with Crippen LogP contribution in [0.2, 0.25) is 0 Å². The Labute approximate surface area is 185 Å². The zero-order valence-corrected chi connectivity index (χ0v) is 18.0. The van der Waals surface area contributed by atoms with Gasteiger partial charge in [-0.2, -0.15) is 11.8 Å². The van der Waals surface area contributed by atoms with Crippen molar-refractivity contribution in [3.05, 3.63) is 65.9 Å². The van der Waals surface area contributed by atoms with Crippen LogP contribution in [0.5, 0.6) is 0 Å². The van der Waals surface area contributed by atoms with Crippen LogP contribution in [0.1, 0.15) is 24.0 Å². The minimum absolute atomic E-state index is 0.180. The number of carbonyl (C=O) groups excluding carboxylic acids is 3. The van der Waals surface area contributed by atoms with Gasteiger partial charge in [-0.3, -0.25) is 19.6 Å². The lowest BCUT2D eigenvalue weighted by Crippen LogP contribution is -2.45. The highest BCUT2D eigenvalue weighted by atomic mass is 32.2. The second-order valence-corrected chi connectivity index (χ2v) is 7.88. The van der Waals surface area contributed by atoms with Crippen LogP contribution in [0.3, 0.4) is 0 Å². The molecular weight excluding hydrogens is 416 g/mol. The molecule has 0 saturated carbocycles. The van der Waals surface area contributed by atoms with E-state index in [2.05, 4.69) is 15.6 Å². The monoisotopic (exact) mass is 442 g/mol. The van der Waals surface area contributed by atoms with Crippen LogP contribution < -0.4 is 16.1 Å². The number of hydrogen-bond acceptors (Lipinski definition) is 6. The Bertz CT molecular complexity index is 905. The molecule has 164 valence electrons. The third-order valence-electron chi connectivity index (χ3n) is 4.13. The molecule has 3 amide bonds. The molecule has 9 heteroatoms. The molecule has 8 nitrogen and oxygen atoms in total. The molecule has 0 bridgehead atoms. The van der Waals surface area contributed by atoms with E-state index in [0.29, 0.717) is 23.7 Å².